The van der Waals surface area contributed by atoms with Crippen molar-refractivity contribution >= 4 is 21.1 Å². The molecule has 2 aromatic carbocycles. The van der Waals surface area contributed by atoms with Gasteiger partial charge in [-0.05, 0) is 29.3 Å². The predicted octanol–water partition coefficient (Wildman–Crippen LogP) is 4.16. The van der Waals surface area contributed by atoms with E-state index < -0.39 is 10.0 Å². The molecule has 182 valence electrons. The number of benzene rings is 2. The highest BCUT2D eigenvalue weighted by Gasteiger charge is 2.26. The van der Waals surface area contributed by atoms with Crippen LogP contribution in [0.15, 0.2) is 90.3 Å². The molecular formula is C27H25N5O3S. The molecule has 0 saturated carbocycles. The Balaban J connectivity index is 1.28. The molecule has 0 atom stereocenters. The monoisotopic (exact) mass is 499 g/mol. The highest BCUT2D eigenvalue weighted by atomic mass is 32.2. The van der Waals surface area contributed by atoms with Gasteiger partial charge in [0.05, 0.1) is 30.9 Å². The van der Waals surface area contributed by atoms with E-state index in [0.29, 0.717) is 32.8 Å². The Bertz CT molecular complexity index is 1600. The molecule has 9 heteroatoms. The van der Waals surface area contributed by atoms with Crippen LogP contribution in [0.1, 0.15) is 5.56 Å². The fourth-order valence-corrected chi connectivity index (χ4v) is 5.92. The smallest absolute Gasteiger partial charge is 0.243 e. The number of pyridine rings is 1. The molecule has 1 aliphatic rings. The number of hydrogen-bond acceptors (Lipinski definition) is 5. The summed E-state index contributed by atoms with van der Waals surface area (Å²) in [6, 6.07) is 19.3. The topological polar surface area (TPSA) is 93.1 Å². The zero-order valence-electron chi connectivity index (χ0n) is 19.5. The number of H-pyrrole nitrogens is 1. The summed E-state index contributed by atoms with van der Waals surface area (Å²) in [6.07, 6.45) is 7.65. The lowest BCUT2D eigenvalue weighted by molar-refractivity contribution is 0.0730. The van der Waals surface area contributed by atoms with Crippen LogP contribution in [-0.2, 0) is 21.3 Å². The maximum Gasteiger partial charge on any atom is 0.243 e. The van der Waals surface area contributed by atoms with Crippen LogP contribution in [0.25, 0.3) is 33.3 Å². The Morgan fingerprint density at radius 3 is 2.47 bits per heavy atom. The number of morpholine rings is 1. The van der Waals surface area contributed by atoms with Crippen molar-refractivity contribution in [2.75, 3.05) is 26.3 Å². The second kappa shape index (κ2) is 9.34. The molecule has 0 aliphatic carbocycles. The van der Waals surface area contributed by atoms with Crippen molar-refractivity contribution in [1.29, 1.82) is 0 Å². The maximum atomic E-state index is 12.9. The van der Waals surface area contributed by atoms with Gasteiger partial charge in [0.25, 0.3) is 0 Å². The van der Waals surface area contributed by atoms with Gasteiger partial charge in [-0.15, -0.1) is 0 Å². The summed E-state index contributed by atoms with van der Waals surface area (Å²) >= 11 is 0. The molecule has 3 aromatic heterocycles. The van der Waals surface area contributed by atoms with E-state index in [1.807, 2.05) is 53.6 Å². The fraction of sp³-hybridized carbons (Fsp3) is 0.185. The van der Waals surface area contributed by atoms with Crippen molar-refractivity contribution < 1.29 is 13.2 Å². The van der Waals surface area contributed by atoms with Crippen molar-refractivity contribution in [2.45, 2.75) is 11.4 Å². The van der Waals surface area contributed by atoms with Gasteiger partial charge in [0.1, 0.15) is 5.65 Å². The van der Waals surface area contributed by atoms with Crippen LogP contribution in [0.2, 0.25) is 0 Å². The second-order valence-electron chi connectivity index (χ2n) is 8.78. The third-order valence-corrected chi connectivity index (χ3v) is 8.37. The summed E-state index contributed by atoms with van der Waals surface area (Å²) in [6.45, 7) is 2.30. The molecule has 1 saturated heterocycles. The summed E-state index contributed by atoms with van der Waals surface area (Å²) in [5.74, 6) is 0. The van der Waals surface area contributed by atoms with Gasteiger partial charge in [0.2, 0.25) is 10.0 Å². The van der Waals surface area contributed by atoms with E-state index >= 15 is 0 Å². The average Bonchev–Trinajstić information content (AvgIpc) is 3.56. The Morgan fingerprint density at radius 1 is 0.917 bits per heavy atom. The number of nitrogens with zero attached hydrogens (tertiary/aromatic N) is 4. The molecule has 1 aliphatic heterocycles. The molecular weight excluding hydrogens is 474 g/mol. The number of nitrogens with one attached hydrogen (secondary N) is 1. The van der Waals surface area contributed by atoms with Crippen molar-refractivity contribution in [1.82, 2.24) is 24.1 Å². The van der Waals surface area contributed by atoms with E-state index in [1.54, 1.807) is 18.3 Å². The fourth-order valence-electron chi connectivity index (χ4n) is 4.52. The number of aromatic nitrogens is 4. The van der Waals surface area contributed by atoms with E-state index in [1.165, 1.54) is 9.87 Å². The van der Waals surface area contributed by atoms with E-state index in [0.717, 1.165) is 33.3 Å². The van der Waals surface area contributed by atoms with Crippen LogP contribution < -0.4 is 0 Å². The minimum Gasteiger partial charge on any atom is -0.379 e. The normalized spacial score (nSPS) is 14.9. The molecule has 0 unspecified atom stereocenters. The van der Waals surface area contributed by atoms with Gasteiger partial charge in [-0.2, -0.15) is 9.40 Å². The molecule has 1 N–H and O–H groups in total. The van der Waals surface area contributed by atoms with Crippen LogP contribution in [0.5, 0.6) is 0 Å². The Morgan fingerprint density at radius 2 is 1.69 bits per heavy atom. The van der Waals surface area contributed by atoms with Gasteiger partial charge < -0.3 is 9.72 Å². The van der Waals surface area contributed by atoms with Crippen molar-refractivity contribution in [3.8, 4) is 22.3 Å². The minimum absolute atomic E-state index is 0.287. The Kier molecular flexibility index (Phi) is 5.88. The molecule has 5 aromatic rings. The van der Waals surface area contributed by atoms with E-state index in [-0.39, 0.29) is 4.90 Å². The third-order valence-electron chi connectivity index (χ3n) is 6.46. The zero-order valence-corrected chi connectivity index (χ0v) is 20.4. The predicted molar refractivity (Wildman–Crippen MR) is 138 cm³/mol. The van der Waals surface area contributed by atoms with Crippen molar-refractivity contribution in [3.05, 3.63) is 91.0 Å². The summed E-state index contributed by atoms with van der Waals surface area (Å²) in [7, 11) is -3.53. The van der Waals surface area contributed by atoms with Crippen molar-refractivity contribution in [2.24, 2.45) is 0 Å². The molecule has 0 bridgehead atoms. The maximum absolute atomic E-state index is 12.9. The van der Waals surface area contributed by atoms with Crippen molar-refractivity contribution in [3.63, 3.8) is 0 Å². The molecule has 0 radical (unpaired) electrons. The molecule has 8 nitrogen and oxygen atoms in total. The SMILES string of the molecule is O=S(=O)(c1ccc(-c2cnc3[nH]cc(-c4cnn(Cc5ccccc5)c4)c3c2)cc1)N1CCOCC1. The first kappa shape index (κ1) is 22.7. The first-order valence-electron chi connectivity index (χ1n) is 11.8. The summed E-state index contributed by atoms with van der Waals surface area (Å²) < 4.78 is 34.6. The first-order valence-corrected chi connectivity index (χ1v) is 13.2. The van der Waals surface area contributed by atoms with Crippen LogP contribution in [-0.4, -0.2) is 58.8 Å². The average molecular weight is 500 g/mol. The van der Waals surface area contributed by atoms with Gasteiger partial charge in [0, 0.05) is 53.8 Å². The molecule has 0 amide bonds. The lowest BCUT2D eigenvalue weighted by Gasteiger charge is -2.26. The van der Waals surface area contributed by atoms with Crippen LogP contribution >= 0.6 is 0 Å². The first-order chi connectivity index (χ1) is 17.6. The van der Waals surface area contributed by atoms with E-state index in [9.17, 15) is 8.42 Å². The Labute approximate surface area is 209 Å². The van der Waals surface area contributed by atoms with Crippen LogP contribution in [0, 0.1) is 0 Å². The molecule has 4 heterocycles. The number of aromatic amines is 1. The lowest BCUT2D eigenvalue weighted by atomic mass is 10.0. The number of fused-ring (bicyclic) bond motifs is 1. The van der Waals surface area contributed by atoms with Crippen LogP contribution in [0.4, 0.5) is 0 Å². The van der Waals surface area contributed by atoms with Gasteiger partial charge in [0.15, 0.2) is 0 Å². The zero-order chi connectivity index (χ0) is 24.5. The molecule has 36 heavy (non-hydrogen) atoms. The van der Waals surface area contributed by atoms with Gasteiger partial charge in [-0.25, -0.2) is 13.4 Å². The number of hydrogen-bond donors (Lipinski definition) is 1. The van der Waals surface area contributed by atoms with E-state index in [2.05, 4.69) is 33.3 Å². The van der Waals surface area contributed by atoms with Gasteiger partial charge in [-0.1, -0.05) is 42.5 Å². The Hall–Kier alpha value is -3.79. The van der Waals surface area contributed by atoms with Gasteiger partial charge >= 0.3 is 0 Å². The molecule has 6 rings (SSSR count). The second-order valence-corrected chi connectivity index (χ2v) is 10.7. The summed E-state index contributed by atoms with van der Waals surface area (Å²) in [4.78, 5) is 8.13. The number of sulfonamides is 1. The lowest BCUT2D eigenvalue weighted by Crippen LogP contribution is -2.40. The van der Waals surface area contributed by atoms with Gasteiger partial charge in [-0.3, -0.25) is 4.68 Å². The highest BCUT2D eigenvalue weighted by Crippen LogP contribution is 2.31. The minimum atomic E-state index is -3.53. The molecule has 1 fully saturated rings. The third kappa shape index (κ3) is 4.32. The van der Waals surface area contributed by atoms with Crippen LogP contribution in [0.3, 0.4) is 0 Å². The summed E-state index contributed by atoms with van der Waals surface area (Å²) in [5, 5.41) is 5.52. The summed E-state index contributed by atoms with van der Waals surface area (Å²) in [5.41, 5.74) is 5.81. The standard InChI is InChI=1S/C27H25N5O3S/c33-36(34,32-10-12-35-13-11-32)24-8-6-21(7-9-24)22-14-25-26(17-29-27(25)28-15-22)23-16-30-31(19-23)18-20-4-2-1-3-5-20/h1-9,14-17,19H,10-13,18H2,(H,28,29). The highest BCUT2D eigenvalue weighted by molar-refractivity contribution is 7.89. The largest absolute Gasteiger partial charge is 0.379 e. The quantitative estimate of drug-likeness (QED) is 0.379. The van der Waals surface area contributed by atoms with E-state index in [4.69, 9.17) is 4.74 Å². The number of ether oxygens (including phenoxy) is 1. The molecule has 0 spiro atoms. The number of rotatable bonds is 6.